The van der Waals surface area contributed by atoms with Crippen LogP contribution in [0.15, 0.2) is 47.4 Å². The van der Waals surface area contributed by atoms with Crippen molar-refractivity contribution in [3.05, 3.63) is 58.6 Å². The summed E-state index contributed by atoms with van der Waals surface area (Å²) < 4.78 is 33.5. The lowest BCUT2D eigenvalue weighted by Gasteiger charge is -2.32. The minimum absolute atomic E-state index is 0.0188. The number of nitrogens with one attached hydrogen (secondary N) is 1. The van der Waals surface area contributed by atoms with Gasteiger partial charge in [-0.25, -0.2) is 8.42 Å². The molecule has 0 aromatic heterocycles. The van der Waals surface area contributed by atoms with Gasteiger partial charge in [-0.05, 0) is 48.9 Å². The first-order valence-electron chi connectivity index (χ1n) is 8.62. The van der Waals surface area contributed by atoms with Crippen LogP contribution in [0.2, 0.25) is 5.02 Å². The maximum atomic E-state index is 12.5. The van der Waals surface area contributed by atoms with Crippen LogP contribution >= 0.6 is 11.6 Å². The third-order valence-corrected chi connectivity index (χ3v) is 6.37. The van der Waals surface area contributed by atoms with Gasteiger partial charge in [0.15, 0.2) is 0 Å². The second-order valence-electron chi connectivity index (χ2n) is 6.39. The summed E-state index contributed by atoms with van der Waals surface area (Å²) in [6.45, 7) is 7.47. The van der Waals surface area contributed by atoms with Gasteiger partial charge in [-0.3, -0.25) is 9.62 Å². The smallest absolute Gasteiger partial charge is 0.261 e. The molecule has 0 aliphatic carbocycles. The molecule has 1 fully saturated rings. The van der Waals surface area contributed by atoms with Crippen LogP contribution in [0.1, 0.15) is 24.2 Å². The van der Waals surface area contributed by atoms with Crippen molar-refractivity contribution in [1.82, 2.24) is 4.90 Å². The van der Waals surface area contributed by atoms with Crippen LogP contribution in [-0.4, -0.2) is 39.6 Å². The molecule has 0 amide bonds. The van der Waals surface area contributed by atoms with Gasteiger partial charge in [-0.2, -0.15) is 0 Å². The molecule has 0 bridgehead atoms. The predicted molar refractivity (Wildman–Crippen MR) is 104 cm³/mol. The van der Waals surface area contributed by atoms with Crippen molar-refractivity contribution >= 4 is 27.3 Å². The number of halogens is 1. The number of sulfonamides is 1. The number of nitrogens with zero attached hydrogens (tertiary/aromatic N) is 1. The molecule has 7 heteroatoms. The van der Waals surface area contributed by atoms with Crippen molar-refractivity contribution in [1.29, 1.82) is 0 Å². The molecule has 2 aromatic carbocycles. The summed E-state index contributed by atoms with van der Waals surface area (Å²) in [6, 6.07) is 12.0. The zero-order valence-corrected chi connectivity index (χ0v) is 16.5. The lowest BCUT2D eigenvalue weighted by atomic mass is 10.1. The minimum atomic E-state index is -3.68. The van der Waals surface area contributed by atoms with Gasteiger partial charge in [0, 0.05) is 23.8 Å². The lowest BCUT2D eigenvalue weighted by Crippen LogP contribution is -2.38. The highest BCUT2D eigenvalue weighted by Crippen LogP contribution is 2.25. The van der Waals surface area contributed by atoms with Gasteiger partial charge in [-0.1, -0.05) is 36.7 Å². The van der Waals surface area contributed by atoms with Gasteiger partial charge in [0.2, 0.25) is 0 Å². The number of likely N-dealkylation sites (N-methyl/N-ethyl adjacent to an activating group) is 1. The Labute approximate surface area is 160 Å². The molecule has 3 rings (SSSR count). The molecular weight excluding hydrogens is 372 g/mol. The molecule has 1 atom stereocenters. The molecule has 26 heavy (non-hydrogen) atoms. The number of rotatable bonds is 5. The van der Waals surface area contributed by atoms with Gasteiger partial charge in [0.05, 0.1) is 17.6 Å². The second kappa shape index (κ2) is 7.96. The number of hydrogen-bond acceptors (Lipinski definition) is 4. The highest BCUT2D eigenvalue weighted by molar-refractivity contribution is 7.92. The van der Waals surface area contributed by atoms with E-state index in [0.717, 1.165) is 30.8 Å². The van der Waals surface area contributed by atoms with E-state index in [9.17, 15) is 8.42 Å². The van der Waals surface area contributed by atoms with E-state index in [2.05, 4.69) is 16.5 Å². The Bertz CT molecular complexity index is 869. The van der Waals surface area contributed by atoms with E-state index in [0.29, 0.717) is 17.3 Å². The molecule has 0 radical (unpaired) electrons. The fraction of sp³-hybridized carbons (Fsp3) is 0.368. The van der Waals surface area contributed by atoms with E-state index in [4.69, 9.17) is 16.3 Å². The lowest BCUT2D eigenvalue weighted by molar-refractivity contribution is -0.0281. The van der Waals surface area contributed by atoms with Crippen LogP contribution < -0.4 is 4.72 Å². The number of aryl methyl sites for hydroxylation is 1. The Morgan fingerprint density at radius 3 is 2.62 bits per heavy atom. The molecule has 5 nitrogen and oxygen atoms in total. The first-order chi connectivity index (χ1) is 12.4. The Balaban J connectivity index is 1.73. The van der Waals surface area contributed by atoms with Crippen LogP contribution in [0.3, 0.4) is 0 Å². The first-order valence-corrected chi connectivity index (χ1v) is 10.5. The maximum Gasteiger partial charge on any atom is 0.261 e. The SMILES string of the molecule is CCN1CCOC(c2ccc(NS(=O)(=O)c3ccc(C)c(Cl)c3)cc2)C1. The fourth-order valence-electron chi connectivity index (χ4n) is 2.91. The van der Waals surface area contributed by atoms with Gasteiger partial charge >= 0.3 is 0 Å². The van der Waals surface area contributed by atoms with Crippen LogP contribution in [0.5, 0.6) is 0 Å². The summed E-state index contributed by atoms with van der Waals surface area (Å²) in [5.41, 5.74) is 2.39. The third kappa shape index (κ3) is 4.38. The van der Waals surface area contributed by atoms with Crippen molar-refractivity contribution in [2.75, 3.05) is 31.0 Å². The standard InChI is InChI=1S/C19H23ClN2O3S/c1-3-22-10-11-25-19(13-22)15-5-7-16(8-6-15)21-26(23,24)17-9-4-14(2)18(20)12-17/h4-9,12,19,21H,3,10-11,13H2,1-2H3. The van der Waals surface area contributed by atoms with Crippen molar-refractivity contribution in [2.45, 2.75) is 24.8 Å². The Kier molecular flexibility index (Phi) is 5.87. The topological polar surface area (TPSA) is 58.6 Å². The molecule has 0 saturated carbocycles. The normalized spacial score (nSPS) is 18.7. The zero-order chi connectivity index (χ0) is 18.7. The molecule has 0 spiro atoms. The Morgan fingerprint density at radius 1 is 1.23 bits per heavy atom. The maximum absolute atomic E-state index is 12.5. The molecule has 2 aromatic rings. The van der Waals surface area contributed by atoms with Crippen LogP contribution in [-0.2, 0) is 14.8 Å². The van der Waals surface area contributed by atoms with Gasteiger partial charge in [0.1, 0.15) is 0 Å². The summed E-state index contributed by atoms with van der Waals surface area (Å²) >= 11 is 6.04. The summed E-state index contributed by atoms with van der Waals surface area (Å²) in [6.07, 6.45) is 0.0188. The number of hydrogen-bond donors (Lipinski definition) is 1. The number of anilines is 1. The first kappa shape index (κ1) is 19.2. The summed E-state index contributed by atoms with van der Waals surface area (Å²) in [5.74, 6) is 0. The van der Waals surface area contributed by atoms with Crippen molar-refractivity contribution in [2.24, 2.45) is 0 Å². The monoisotopic (exact) mass is 394 g/mol. The van der Waals surface area contributed by atoms with E-state index in [1.165, 1.54) is 6.07 Å². The molecular formula is C19H23ClN2O3S. The predicted octanol–water partition coefficient (Wildman–Crippen LogP) is 3.84. The molecule has 1 N–H and O–H groups in total. The molecule has 1 heterocycles. The van der Waals surface area contributed by atoms with Crippen LogP contribution in [0.25, 0.3) is 0 Å². The van der Waals surface area contributed by atoms with Crippen molar-refractivity contribution < 1.29 is 13.2 Å². The number of benzene rings is 2. The molecule has 1 unspecified atom stereocenters. The summed E-state index contributed by atoms with van der Waals surface area (Å²) in [5, 5.41) is 0.429. The van der Waals surface area contributed by atoms with Crippen LogP contribution in [0, 0.1) is 6.92 Å². The highest BCUT2D eigenvalue weighted by Gasteiger charge is 2.21. The Morgan fingerprint density at radius 2 is 1.96 bits per heavy atom. The molecule has 140 valence electrons. The average molecular weight is 395 g/mol. The minimum Gasteiger partial charge on any atom is -0.371 e. The van der Waals surface area contributed by atoms with Gasteiger partial charge < -0.3 is 4.74 Å². The van der Waals surface area contributed by atoms with E-state index in [-0.39, 0.29) is 11.0 Å². The van der Waals surface area contributed by atoms with E-state index < -0.39 is 10.0 Å². The largest absolute Gasteiger partial charge is 0.371 e. The number of ether oxygens (including phenoxy) is 1. The quantitative estimate of drug-likeness (QED) is 0.836. The van der Waals surface area contributed by atoms with E-state index >= 15 is 0 Å². The average Bonchev–Trinajstić information content (AvgIpc) is 2.64. The molecule has 1 aliphatic heterocycles. The fourth-order valence-corrected chi connectivity index (χ4v) is 4.24. The van der Waals surface area contributed by atoms with Crippen LogP contribution in [0.4, 0.5) is 5.69 Å². The van der Waals surface area contributed by atoms with Crippen molar-refractivity contribution in [3.8, 4) is 0 Å². The van der Waals surface area contributed by atoms with E-state index in [1.54, 1.807) is 24.3 Å². The third-order valence-electron chi connectivity index (χ3n) is 4.59. The van der Waals surface area contributed by atoms with E-state index in [1.807, 2.05) is 19.1 Å². The van der Waals surface area contributed by atoms with Gasteiger partial charge in [-0.15, -0.1) is 0 Å². The van der Waals surface area contributed by atoms with Crippen molar-refractivity contribution in [3.63, 3.8) is 0 Å². The van der Waals surface area contributed by atoms with Gasteiger partial charge in [0.25, 0.3) is 10.0 Å². The molecule has 1 aliphatic rings. The second-order valence-corrected chi connectivity index (χ2v) is 8.48. The number of morpholine rings is 1. The highest BCUT2D eigenvalue weighted by atomic mass is 35.5. The summed E-state index contributed by atoms with van der Waals surface area (Å²) in [4.78, 5) is 2.48. The Hall–Kier alpha value is -1.60. The zero-order valence-electron chi connectivity index (χ0n) is 14.9. The molecule has 1 saturated heterocycles. The summed E-state index contributed by atoms with van der Waals surface area (Å²) in [7, 11) is -3.68.